The molecule has 3 heterocycles. The number of thiocarbonyl (C=S) groups is 1. The van der Waals surface area contributed by atoms with Gasteiger partial charge >= 0.3 is 0 Å². The fourth-order valence-corrected chi connectivity index (χ4v) is 5.31. The minimum Gasteiger partial charge on any atom is -0.484 e. The molecule has 1 saturated heterocycles. The number of benzene rings is 3. The maximum Gasteiger partial charge on any atom is 0.262 e. The van der Waals surface area contributed by atoms with E-state index in [4.69, 9.17) is 17.0 Å². The Bertz CT molecular complexity index is 1590. The van der Waals surface area contributed by atoms with Gasteiger partial charge in [0.1, 0.15) is 11.8 Å². The molecular formula is C32H27N5O2S. The number of nitrogens with zero attached hydrogens (tertiary/aromatic N) is 3. The molecule has 1 aliphatic rings. The van der Waals surface area contributed by atoms with E-state index in [2.05, 4.69) is 49.5 Å². The van der Waals surface area contributed by atoms with Crippen LogP contribution in [0.25, 0.3) is 5.69 Å². The molecule has 0 spiro atoms. The lowest BCUT2D eigenvalue weighted by atomic mass is 10.0. The topological polar surface area (TPSA) is 71.4 Å². The molecule has 0 aliphatic carbocycles. The number of aromatic nitrogens is 2. The smallest absolute Gasteiger partial charge is 0.262 e. The van der Waals surface area contributed by atoms with Crippen LogP contribution >= 0.6 is 12.2 Å². The van der Waals surface area contributed by atoms with Gasteiger partial charge in [-0.05, 0) is 85.0 Å². The normalized spacial score (nSPS) is 16.4. The molecule has 1 aliphatic heterocycles. The predicted molar refractivity (Wildman–Crippen MR) is 161 cm³/mol. The summed E-state index contributed by atoms with van der Waals surface area (Å²) in [5.74, 6) is 0.417. The van der Waals surface area contributed by atoms with Crippen LogP contribution < -0.4 is 20.3 Å². The van der Waals surface area contributed by atoms with Crippen molar-refractivity contribution in [3.8, 4) is 11.4 Å². The second kappa shape index (κ2) is 11.4. The number of hydrogen-bond donors (Lipinski definition) is 2. The van der Waals surface area contributed by atoms with E-state index < -0.39 is 0 Å². The minimum atomic E-state index is -0.233. The van der Waals surface area contributed by atoms with Crippen LogP contribution in [0.2, 0.25) is 0 Å². The van der Waals surface area contributed by atoms with Crippen LogP contribution in [-0.4, -0.2) is 27.2 Å². The van der Waals surface area contributed by atoms with Crippen LogP contribution in [0.1, 0.15) is 23.5 Å². The SMILES string of the molecule is O=C(COc1ccccc1)Nc1ccc(N2C(=S)NC(c3ccccn3)C2c2cccn2-c2ccccc2)cc1. The van der Waals surface area contributed by atoms with Gasteiger partial charge in [0.05, 0.1) is 11.7 Å². The number of nitrogens with one attached hydrogen (secondary N) is 2. The maximum absolute atomic E-state index is 12.5. The summed E-state index contributed by atoms with van der Waals surface area (Å²) in [6.45, 7) is -0.0732. The van der Waals surface area contributed by atoms with Gasteiger partial charge in [-0.25, -0.2) is 0 Å². The van der Waals surface area contributed by atoms with E-state index in [1.165, 1.54) is 0 Å². The summed E-state index contributed by atoms with van der Waals surface area (Å²) in [6.07, 6.45) is 3.87. The minimum absolute atomic E-state index is 0.0732. The average molecular weight is 546 g/mol. The van der Waals surface area contributed by atoms with Gasteiger partial charge in [-0.1, -0.05) is 42.5 Å². The highest BCUT2D eigenvalue weighted by atomic mass is 32.1. The van der Waals surface area contributed by atoms with Gasteiger partial charge in [0.15, 0.2) is 11.7 Å². The number of anilines is 2. The Balaban J connectivity index is 1.27. The number of amides is 1. The van der Waals surface area contributed by atoms with Crippen molar-refractivity contribution in [2.75, 3.05) is 16.8 Å². The van der Waals surface area contributed by atoms with Crippen molar-refractivity contribution in [2.45, 2.75) is 12.1 Å². The molecular weight excluding hydrogens is 518 g/mol. The van der Waals surface area contributed by atoms with Gasteiger partial charge in [0.25, 0.3) is 5.91 Å². The standard InChI is InChI=1S/C32H27N5O2S/c38-29(22-39-26-12-5-2-6-13-26)34-23-16-18-25(19-17-23)37-31(30(35-32(37)40)27-14-7-8-20-33-27)28-15-9-21-36(28)24-10-3-1-4-11-24/h1-21,30-31H,22H2,(H,34,38)(H,35,40). The molecule has 2 aromatic heterocycles. The van der Waals surface area contributed by atoms with Crippen molar-refractivity contribution >= 4 is 34.6 Å². The van der Waals surface area contributed by atoms with Crippen LogP contribution in [0.15, 0.2) is 128 Å². The quantitative estimate of drug-likeness (QED) is 0.231. The molecule has 6 rings (SSSR count). The molecule has 7 nitrogen and oxygen atoms in total. The summed E-state index contributed by atoms with van der Waals surface area (Å²) in [4.78, 5) is 19.2. The number of carbonyl (C=O) groups is 1. The Kier molecular flexibility index (Phi) is 7.24. The molecule has 5 aromatic rings. The predicted octanol–water partition coefficient (Wildman–Crippen LogP) is 6.07. The Labute approximate surface area is 238 Å². The molecule has 1 amide bonds. The van der Waals surface area contributed by atoms with Crippen molar-refractivity contribution in [3.05, 3.63) is 139 Å². The third-order valence-electron chi connectivity index (χ3n) is 6.76. The first-order valence-electron chi connectivity index (χ1n) is 13.0. The third-order valence-corrected chi connectivity index (χ3v) is 7.07. The largest absolute Gasteiger partial charge is 0.484 e. The van der Waals surface area contributed by atoms with E-state index in [1.807, 2.05) is 97.1 Å². The van der Waals surface area contributed by atoms with E-state index >= 15 is 0 Å². The van der Waals surface area contributed by atoms with Gasteiger partial charge in [-0.15, -0.1) is 0 Å². The Morgan fingerprint density at radius 3 is 2.30 bits per heavy atom. The number of pyridine rings is 1. The Hall–Kier alpha value is -4.95. The van der Waals surface area contributed by atoms with Crippen molar-refractivity contribution in [1.29, 1.82) is 0 Å². The van der Waals surface area contributed by atoms with Crippen LogP contribution in [0.3, 0.4) is 0 Å². The summed E-state index contributed by atoms with van der Waals surface area (Å²) in [7, 11) is 0. The van der Waals surface area contributed by atoms with Crippen LogP contribution in [0.4, 0.5) is 11.4 Å². The highest BCUT2D eigenvalue weighted by Gasteiger charge is 2.42. The summed E-state index contributed by atoms with van der Waals surface area (Å²) < 4.78 is 7.75. The lowest BCUT2D eigenvalue weighted by molar-refractivity contribution is -0.118. The van der Waals surface area contributed by atoms with Crippen molar-refractivity contribution < 1.29 is 9.53 Å². The van der Waals surface area contributed by atoms with E-state index in [9.17, 15) is 4.79 Å². The lowest BCUT2D eigenvalue weighted by Gasteiger charge is -2.29. The number of rotatable bonds is 8. The molecule has 2 atom stereocenters. The fourth-order valence-electron chi connectivity index (χ4n) is 4.96. The second-order valence-electron chi connectivity index (χ2n) is 9.33. The number of carbonyl (C=O) groups excluding carboxylic acids is 1. The first-order valence-corrected chi connectivity index (χ1v) is 13.4. The lowest BCUT2D eigenvalue weighted by Crippen LogP contribution is -2.30. The van der Waals surface area contributed by atoms with Crippen molar-refractivity contribution in [1.82, 2.24) is 14.9 Å². The van der Waals surface area contributed by atoms with E-state index in [1.54, 1.807) is 6.20 Å². The number of para-hydroxylation sites is 2. The first-order chi connectivity index (χ1) is 19.7. The monoisotopic (exact) mass is 545 g/mol. The molecule has 198 valence electrons. The molecule has 0 radical (unpaired) electrons. The first kappa shape index (κ1) is 25.3. The molecule has 2 unspecified atom stereocenters. The third kappa shape index (κ3) is 5.30. The van der Waals surface area contributed by atoms with Crippen LogP contribution in [0, 0.1) is 0 Å². The molecule has 40 heavy (non-hydrogen) atoms. The number of ether oxygens (including phenoxy) is 1. The Morgan fingerprint density at radius 2 is 1.57 bits per heavy atom. The van der Waals surface area contributed by atoms with Gasteiger partial charge < -0.3 is 24.8 Å². The summed E-state index contributed by atoms with van der Waals surface area (Å²) in [5, 5.41) is 7.02. The van der Waals surface area contributed by atoms with Crippen molar-refractivity contribution in [3.63, 3.8) is 0 Å². The van der Waals surface area contributed by atoms with E-state index in [0.717, 1.165) is 22.8 Å². The number of hydrogen-bond acceptors (Lipinski definition) is 4. The zero-order valence-corrected chi connectivity index (χ0v) is 22.4. The summed E-state index contributed by atoms with van der Waals surface area (Å²) >= 11 is 5.89. The molecule has 1 fully saturated rings. The highest BCUT2D eigenvalue weighted by molar-refractivity contribution is 7.80. The molecule has 2 N–H and O–H groups in total. The second-order valence-corrected chi connectivity index (χ2v) is 9.72. The zero-order chi connectivity index (χ0) is 27.3. The summed E-state index contributed by atoms with van der Waals surface area (Å²) in [6, 6.07) is 36.9. The molecule has 0 saturated carbocycles. The van der Waals surface area contributed by atoms with E-state index in [-0.39, 0.29) is 24.6 Å². The Morgan fingerprint density at radius 1 is 0.850 bits per heavy atom. The van der Waals surface area contributed by atoms with Crippen LogP contribution in [0.5, 0.6) is 5.75 Å². The van der Waals surface area contributed by atoms with Crippen LogP contribution in [-0.2, 0) is 4.79 Å². The van der Waals surface area contributed by atoms with Gasteiger partial charge in [-0.2, -0.15) is 0 Å². The molecule has 8 heteroatoms. The average Bonchev–Trinajstić information content (AvgIpc) is 3.62. The van der Waals surface area contributed by atoms with E-state index in [0.29, 0.717) is 16.5 Å². The van der Waals surface area contributed by atoms with Gasteiger partial charge in [0.2, 0.25) is 0 Å². The zero-order valence-electron chi connectivity index (χ0n) is 21.6. The maximum atomic E-state index is 12.5. The highest BCUT2D eigenvalue weighted by Crippen LogP contribution is 2.42. The van der Waals surface area contributed by atoms with Gasteiger partial charge in [0, 0.05) is 35.1 Å². The summed E-state index contributed by atoms with van der Waals surface area (Å²) in [5.41, 5.74) is 4.62. The van der Waals surface area contributed by atoms with Crippen molar-refractivity contribution in [2.24, 2.45) is 0 Å². The fraction of sp³-hybridized carbons (Fsp3) is 0.0938. The molecule has 3 aromatic carbocycles. The van der Waals surface area contributed by atoms with Gasteiger partial charge in [-0.3, -0.25) is 9.78 Å². The molecule has 0 bridgehead atoms.